The van der Waals surface area contributed by atoms with Crippen molar-refractivity contribution in [3.8, 4) is 11.3 Å². The molecule has 0 spiro atoms. The molecule has 190 valence electrons. The number of nitrogens with one attached hydrogen (secondary N) is 2. The van der Waals surface area contributed by atoms with Gasteiger partial charge >= 0.3 is 11.8 Å². The first-order valence-corrected chi connectivity index (χ1v) is 12.6. The molecule has 1 aliphatic heterocycles. The fraction of sp³-hybridized carbons (Fsp3) is 0.385. The minimum absolute atomic E-state index is 0.0345. The number of aryl methyl sites for hydroxylation is 1. The second-order valence-electron chi connectivity index (χ2n) is 9.83. The molecule has 4 heterocycles. The molecular weight excluding hydrogens is 470 g/mol. The van der Waals surface area contributed by atoms with Crippen molar-refractivity contribution in [2.75, 3.05) is 18.9 Å². The van der Waals surface area contributed by atoms with E-state index in [-0.39, 0.29) is 17.8 Å². The summed E-state index contributed by atoms with van der Waals surface area (Å²) in [5.41, 5.74) is 4.85. The van der Waals surface area contributed by atoms with Crippen LogP contribution in [0.2, 0.25) is 0 Å². The number of aromatic nitrogens is 6. The molecule has 2 N–H and O–H groups in total. The Labute approximate surface area is 214 Å². The highest BCUT2D eigenvalue weighted by molar-refractivity contribution is 5.89. The van der Waals surface area contributed by atoms with Crippen LogP contribution in [0.3, 0.4) is 0 Å². The molecular formula is C26H29N9O2. The molecule has 0 radical (unpaired) electrons. The van der Waals surface area contributed by atoms with Crippen molar-refractivity contribution in [1.29, 1.82) is 0 Å². The molecule has 1 aromatic carbocycles. The molecule has 3 aromatic heterocycles. The molecule has 4 aromatic rings. The quantitative estimate of drug-likeness (QED) is 0.409. The number of hydrogen-bond donors (Lipinski definition) is 2. The average Bonchev–Trinajstić information content (AvgIpc) is 3.46. The van der Waals surface area contributed by atoms with Gasteiger partial charge in [-0.2, -0.15) is 5.10 Å². The third-order valence-corrected chi connectivity index (χ3v) is 7.07. The van der Waals surface area contributed by atoms with Gasteiger partial charge in [0.05, 0.1) is 23.6 Å². The molecule has 1 aliphatic carbocycles. The first-order chi connectivity index (χ1) is 18.0. The van der Waals surface area contributed by atoms with E-state index < -0.39 is 0 Å². The van der Waals surface area contributed by atoms with Crippen LogP contribution in [0.15, 0.2) is 47.3 Å². The number of carbonyl (C=O) groups excluding carboxylic acids is 1. The fourth-order valence-corrected chi connectivity index (χ4v) is 4.83. The second-order valence-corrected chi connectivity index (χ2v) is 9.83. The van der Waals surface area contributed by atoms with Gasteiger partial charge in [-0.05, 0) is 49.6 Å². The Hall–Kier alpha value is -4.12. The van der Waals surface area contributed by atoms with Gasteiger partial charge in [-0.15, -0.1) is 10.2 Å². The van der Waals surface area contributed by atoms with Gasteiger partial charge in [0.15, 0.2) is 0 Å². The molecule has 1 atom stereocenters. The zero-order chi connectivity index (χ0) is 25.4. The van der Waals surface area contributed by atoms with Crippen molar-refractivity contribution in [3.05, 3.63) is 65.8 Å². The lowest BCUT2D eigenvalue weighted by atomic mass is 9.85. The first-order valence-electron chi connectivity index (χ1n) is 12.6. The zero-order valence-electron chi connectivity index (χ0n) is 20.9. The normalized spacial score (nSPS) is 18.1. The highest BCUT2D eigenvalue weighted by Gasteiger charge is 2.29. The Kier molecular flexibility index (Phi) is 6.13. The molecule has 11 heteroatoms. The number of carbonyl (C=O) groups is 1. The molecule has 1 fully saturated rings. The predicted octanol–water partition coefficient (Wildman–Crippen LogP) is 3.58. The van der Waals surface area contributed by atoms with Crippen molar-refractivity contribution in [2.45, 2.75) is 44.2 Å². The summed E-state index contributed by atoms with van der Waals surface area (Å²) in [6.07, 6.45) is 9.37. The summed E-state index contributed by atoms with van der Waals surface area (Å²) in [4.78, 5) is 24.3. The van der Waals surface area contributed by atoms with E-state index in [0.717, 1.165) is 60.4 Å². The van der Waals surface area contributed by atoms with E-state index in [1.165, 1.54) is 6.42 Å². The second kappa shape index (κ2) is 9.74. The molecule has 6 rings (SSSR count). The molecule has 0 unspecified atom stereocenters. The van der Waals surface area contributed by atoms with E-state index in [9.17, 15) is 4.79 Å². The van der Waals surface area contributed by atoms with E-state index in [1.54, 1.807) is 17.1 Å². The van der Waals surface area contributed by atoms with E-state index >= 15 is 0 Å². The predicted molar refractivity (Wildman–Crippen MR) is 136 cm³/mol. The number of anilines is 2. The fourth-order valence-electron chi connectivity index (χ4n) is 4.83. The van der Waals surface area contributed by atoms with Crippen LogP contribution in [0.4, 0.5) is 11.6 Å². The van der Waals surface area contributed by atoms with Crippen molar-refractivity contribution in [3.63, 3.8) is 0 Å². The van der Waals surface area contributed by atoms with Crippen LogP contribution in [0, 0.1) is 0 Å². The maximum Gasteiger partial charge on any atom is 0.309 e. The Bertz CT molecular complexity index is 1420. The largest absolute Gasteiger partial charge is 0.417 e. The van der Waals surface area contributed by atoms with Crippen LogP contribution in [0.5, 0.6) is 0 Å². The van der Waals surface area contributed by atoms with Crippen LogP contribution in [-0.4, -0.2) is 54.3 Å². The Morgan fingerprint density at radius 1 is 1.14 bits per heavy atom. The van der Waals surface area contributed by atoms with Crippen LogP contribution in [-0.2, 0) is 13.6 Å². The van der Waals surface area contributed by atoms with Gasteiger partial charge in [-0.3, -0.25) is 9.48 Å². The maximum absolute atomic E-state index is 13.0. The standard InChI is InChI=1S/C26H29N9O2/c1-34-11-9-22(30-23(36)25-33-32-24(37-25)16-4-3-5-16)20-7-6-17(12-18(20)14-34)21-8-10-27-26(31-21)29-19-13-28-35(2)15-19/h6-8,10,12-13,15-16,22H,3-5,9,11,14H2,1-2H3,(H,30,36)(H,27,29,31)/t22-/m0/s1. The molecule has 0 bridgehead atoms. The third-order valence-electron chi connectivity index (χ3n) is 7.07. The Morgan fingerprint density at radius 2 is 2.03 bits per heavy atom. The third kappa shape index (κ3) is 4.94. The van der Waals surface area contributed by atoms with Crippen molar-refractivity contribution >= 4 is 17.5 Å². The maximum atomic E-state index is 13.0. The Morgan fingerprint density at radius 3 is 2.81 bits per heavy atom. The van der Waals surface area contributed by atoms with Crippen molar-refractivity contribution in [1.82, 2.24) is 40.2 Å². The number of amides is 1. The number of hydrogen-bond acceptors (Lipinski definition) is 9. The average molecular weight is 500 g/mol. The van der Waals surface area contributed by atoms with E-state index in [1.807, 2.05) is 25.4 Å². The van der Waals surface area contributed by atoms with Crippen LogP contribution in [0.1, 0.15) is 65.3 Å². The molecule has 2 aliphatic rings. The van der Waals surface area contributed by atoms with E-state index in [2.05, 4.69) is 55.0 Å². The summed E-state index contributed by atoms with van der Waals surface area (Å²) >= 11 is 0. The molecule has 0 saturated heterocycles. The Balaban J connectivity index is 1.23. The molecule has 11 nitrogen and oxygen atoms in total. The van der Waals surface area contributed by atoms with Gasteiger partial charge < -0.3 is 20.0 Å². The highest BCUT2D eigenvalue weighted by atomic mass is 16.4. The zero-order valence-corrected chi connectivity index (χ0v) is 20.9. The highest BCUT2D eigenvalue weighted by Crippen LogP contribution is 2.35. The number of rotatable bonds is 6. The van der Waals surface area contributed by atoms with Gasteiger partial charge in [0, 0.05) is 44.0 Å². The van der Waals surface area contributed by atoms with E-state index in [0.29, 0.717) is 17.8 Å². The van der Waals surface area contributed by atoms with Crippen LogP contribution < -0.4 is 10.6 Å². The first kappa shape index (κ1) is 23.3. The molecule has 37 heavy (non-hydrogen) atoms. The topological polar surface area (TPSA) is 127 Å². The van der Waals surface area contributed by atoms with Crippen molar-refractivity contribution in [2.24, 2.45) is 7.05 Å². The lowest BCUT2D eigenvalue weighted by molar-refractivity contribution is 0.0894. The van der Waals surface area contributed by atoms with Crippen LogP contribution in [0.25, 0.3) is 11.3 Å². The number of fused-ring (bicyclic) bond motifs is 1. The summed E-state index contributed by atoms with van der Waals surface area (Å²) in [6.45, 7) is 1.62. The SMILES string of the molecule is CN1CC[C@H](NC(=O)c2nnc(C3CCC3)o2)c2ccc(-c3ccnc(Nc4cnn(C)c4)n3)cc2C1. The molecule has 1 amide bonds. The van der Waals surface area contributed by atoms with Gasteiger partial charge in [-0.25, -0.2) is 9.97 Å². The van der Waals surface area contributed by atoms with Gasteiger partial charge in [-0.1, -0.05) is 18.6 Å². The monoisotopic (exact) mass is 499 g/mol. The number of benzene rings is 1. The summed E-state index contributed by atoms with van der Waals surface area (Å²) in [7, 11) is 3.95. The lowest BCUT2D eigenvalue weighted by Gasteiger charge is -2.21. The summed E-state index contributed by atoms with van der Waals surface area (Å²) in [5, 5.41) is 18.6. The minimum atomic E-state index is -0.329. The molecule has 1 saturated carbocycles. The summed E-state index contributed by atoms with van der Waals surface area (Å²) in [6, 6.07) is 8.01. The lowest BCUT2D eigenvalue weighted by Crippen LogP contribution is -2.30. The number of nitrogens with zero attached hydrogens (tertiary/aromatic N) is 7. The van der Waals surface area contributed by atoms with Crippen molar-refractivity contribution < 1.29 is 9.21 Å². The smallest absolute Gasteiger partial charge is 0.309 e. The van der Waals surface area contributed by atoms with Gasteiger partial charge in [0.25, 0.3) is 0 Å². The van der Waals surface area contributed by atoms with Gasteiger partial charge in [0.2, 0.25) is 11.8 Å². The van der Waals surface area contributed by atoms with Crippen LogP contribution >= 0.6 is 0 Å². The minimum Gasteiger partial charge on any atom is -0.417 e. The summed E-state index contributed by atoms with van der Waals surface area (Å²) < 4.78 is 7.41. The van der Waals surface area contributed by atoms with Gasteiger partial charge in [0.1, 0.15) is 0 Å². The van der Waals surface area contributed by atoms with E-state index in [4.69, 9.17) is 9.40 Å². The summed E-state index contributed by atoms with van der Waals surface area (Å²) in [5.74, 6) is 1.08.